The smallest absolute Gasteiger partial charge is 0.242 e. The van der Waals surface area contributed by atoms with Crippen LogP contribution in [0.1, 0.15) is 37.5 Å². The molecule has 0 saturated heterocycles. The highest BCUT2D eigenvalue weighted by Crippen LogP contribution is 2.17. The SMILES string of the molecule is COc1cccc(CN(C(=O)Cc2ccc(C)cc2)[C@@H](C)C(=O)NC(C)C)c1. The van der Waals surface area contributed by atoms with Gasteiger partial charge in [-0.15, -0.1) is 0 Å². The number of nitrogens with one attached hydrogen (secondary N) is 1. The standard InChI is InChI=1S/C23H30N2O3/c1-16(2)24-23(27)18(4)25(15-20-7-6-8-21(13-20)28-5)22(26)14-19-11-9-17(3)10-12-19/h6-13,16,18H,14-15H2,1-5H3,(H,24,27)/t18-/m0/s1. The normalized spacial score (nSPS) is 11.8. The number of nitrogens with zero attached hydrogens (tertiary/aromatic N) is 1. The lowest BCUT2D eigenvalue weighted by molar-refractivity contribution is -0.140. The van der Waals surface area contributed by atoms with E-state index in [9.17, 15) is 9.59 Å². The Hall–Kier alpha value is -2.82. The van der Waals surface area contributed by atoms with Crippen LogP contribution in [-0.2, 0) is 22.6 Å². The summed E-state index contributed by atoms with van der Waals surface area (Å²) in [5.74, 6) is 0.482. The van der Waals surface area contributed by atoms with Crippen LogP contribution in [0.5, 0.6) is 5.75 Å². The molecule has 0 heterocycles. The number of benzene rings is 2. The zero-order chi connectivity index (χ0) is 20.7. The number of ether oxygens (including phenoxy) is 1. The summed E-state index contributed by atoms with van der Waals surface area (Å²) >= 11 is 0. The molecule has 0 unspecified atom stereocenters. The van der Waals surface area contributed by atoms with Gasteiger partial charge in [-0.1, -0.05) is 42.0 Å². The number of carbonyl (C=O) groups excluding carboxylic acids is 2. The molecular formula is C23H30N2O3. The lowest BCUT2D eigenvalue weighted by atomic mass is 10.1. The summed E-state index contributed by atoms with van der Waals surface area (Å²) in [6.45, 7) is 7.94. The fourth-order valence-corrected chi connectivity index (χ4v) is 2.94. The van der Waals surface area contributed by atoms with Gasteiger partial charge in [0.05, 0.1) is 13.5 Å². The Morgan fingerprint density at radius 1 is 1.04 bits per heavy atom. The van der Waals surface area contributed by atoms with Crippen LogP contribution >= 0.6 is 0 Å². The minimum absolute atomic E-state index is 0.0146. The topological polar surface area (TPSA) is 58.6 Å². The molecule has 0 radical (unpaired) electrons. The molecule has 2 rings (SSSR count). The largest absolute Gasteiger partial charge is 0.497 e. The second-order valence-electron chi connectivity index (χ2n) is 7.37. The molecule has 0 saturated carbocycles. The van der Waals surface area contributed by atoms with Crippen molar-refractivity contribution in [1.29, 1.82) is 0 Å². The average molecular weight is 383 g/mol. The minimum Gasteiger partial charge on any atom is -0.497 e. The van der Waals surface area contributed by atoms with Crippen molar-refractivity contribution < 1.29 is 14.3 Å². The van der Waals surface area contributed by atoms with E-state index in [1.165, 1.54) is 0 Å². The predicted molar refractivity (Wildman–Crippen MR) is 111 cm³/mol. The Kier molecular flexibility index (Phi) is 7.61. The Bertz CT molecular complexity index is 800. The zero-order valence-corrected chi connectivity index (χ0v) is 17.4. The summed E-state index contributed by atoms with van der Waals surface area (Å²) in [7, 11) is 1.61. The number of carbonyl (C=O) groups is 2. The van der Waals surface area contributed by atoms with Crippen LogP contribution in [0, 0.1) is 6.92 Å². The van der Waals surface area contributed by atoms with Gasteiger partial charge in [0.1, 0.15) is 11.8 Å². The Morgan fingerprint density at radius 3 is 2.32 bits per heavy atom. The minimum atomic E-state index is -0.577. The summed E-state index contributed by atoms with van der Waals surface area (Å²) in [5, 5.41) is 2.90. The maximum atomic E-state index is 13.1. The first-order valence-corrected chi connectivity index (χ1v) is 9.58. The lowest BCUT2D eigenvalue weighted by Crippen LogP contribution is -2.49. The molecule has 0 bridgehead atoms. The van der Waals surface area contributed by atoms with Crippen LogP contribution < -0.4 is 10.1 Å². The molecule has 1 N–H and O–H groups in total. The Balaban J connectivity index is 2.24. The maximum absolute atomic E-state index is 13.1. The van der Waals surface area contributed by atoms with Gasteiger partial charge in [-0.3, -0.25) is 9.59 Å². The molecule has 2 aromatic carbocycles. The highest BCUT2D eigenvalue weighted by atomic mass is 16.5. The van der Waals surface area contributed by atoms with E-state index in [0.717, 1.165) is 22.4 Å². The molecular weight excluding hydrogens is 352 g/mol. The highest BCUT2D eigenvalue weighted by molar-refractivity contribution is 5.88. The number of hydrogen-bond donors (Lipinski definition) is 1. The van der Waals surface area contributed by atoms with E-state index in [4.69, 9.17) is 4.74 Å². The van der Waals surface area contributed by atoms with E-state index in [2.05, 4.69) is 5.32 Å². The third kappa shape index (κ3) is 6.12. The number of methoxy groups -OCH3 is 1. The van der Waals surface area contributed by atoms with Gasteiger partial charge in [0, 0.05) is 12.6 Å². The van der Waals surface area contributed by atoms with Crippen molar-refractivity contribution in [2.24, 2.45) is 0 Å². The van der Waals surface area contributed by atoms with Crippen molar-refractivity contribution in [3.05, 3.63) is 65.2 Å². The fourth-order valence-electron chi connectivity index (χ4n) is 2.94. The van der Waals surface area contributed by atoms with Gasteiger partial charge in [0.25, 0.3) is 0 Å². The molecule has 150 valence electrons. The number of rotatable bonds is 8. The molecule has 0 aliphatic carbocycles. The molecule has 0 spiro atoms. The van der Waals surface area contributed by atoms with Crippen molar-refractivity contribution in [2.75, 3.05) is 7.11 Å². The molecule has 0 aliphatic rings. The number of hydrogen-bond acceptors (Lipinski definition) is 3. The van der Waals surface area contributed by atoms with E-state index in [1.807, 2.05) is 69.3 Å². The van der Waals surface area contributed by atoms with Crippen LogP contribution in [0.25, 0.3) is 0 Å². The third-order valence-corrected chi connectivity index (χ3v) is 4.56. The van der Waals surface area contributed by atoms with Gasteiger partial charge in [-0.25, -0.2) is 0 Å². The van der Waals surface area contributed by atoms with Crippen LogP contribution in [0.2, 0.25) is 0 Å². The van der Waals surface area contributed by atoms with Crippen molar-refractivity contribution in [3.63, 3.8) is 0 Å². The number of amides is 2. The van der Waals surface area contributed by atoms with Crippen LogP contribution in [0.15, 0.2) is 48.5 Å². The predicted octanol–water partition coefficient (Wildman–Crippen LogP) is 3.49. The van der Waals surface area contributed by atoms with E-state index >= 15 is 0 Å². The van der Waals surface area contributed by atoms with E-state index in [-0.39, 0.29) is 24.3 Å². The van der Waals surface area contributed by atoms with E-state index in [1.54, 1.807) is 18.9 Å². The zero-order valence-electron chi connectivity index (χ0n) is 17.4. The van der Waals surface area contributed by atoms with Crippen LogP contribution in [0.4, 0.5) is 0 Å². The third-order valence-electron chi connectivity index (χ3n) is 4.56. The summed E-state index contributed by atoms with van der Waals surface area (Å²) < 4.78 is 5.28. The van der Waals surface area contributed by atoms with Gasteiger partial charge in [-0.2, -0.15) is 0 Å². The van der Waals surface area contributed by atoms with Crippen molar-refractivity contribution in [2.45, 2.75) is 52.7 Å². The van der Waals surface area contributed by atoms with Gasteiger partial charge in [-0.05, 0) is 51.0 Å². The lowest BCUT2D eigenvalue weighted by Gasteiger charge is -2.29. The van der Waals surface area contributed by atoms with E-state index < -0.39 is 6.04 Å². The molecule has 5 nitrogen and oxygen atoms in total. The number of aryl methyl sites for hydroxylation is 1. The summed E-state index contributed by atoms with van der Waals surface area (Å²) in [6.07, 6.45) is 0.254. The van der Waals surface area contributed by atoms with Crippen LogP contribution in [0.3, 0.4) is 0 Å². The quantitative estimate of drug-likeness (QED) is 0.760. The summed E-state index contributed by atoms with van der Waals surface area (Å²) in [6, 6.07) is 14.9. The molecule has 28 heavy (non-hydrogen) atoms. The monoisotopic (exact) mass is 382 g/mol. The van der Waals surface area contributed by atoms with Crippen molar-refractivity contribution in [1.82, 2.24) is 10.2 Å². The van der Waals surface area contributed by atoms with Gasteiger partial charge in [0.15, 0.2) is 0 Å². The summed E-state index contributed by atoms with van der Waals surface area (Å²) in [4.78, 5) is 27.3. The van der Waals surface area contributed by atoms with Crippen molar-refractivity contribution in [3.8, 4) is 5.75 Å². The molecule has 5 heteroatoms. The second-order valence-corrected chi connectivity index (χ2v) is 7.37. The molecule has 0 fully saturated rings. The fraction of sp³-hybridized carbons (Fsp3) is 0.391. The highest BCUT2D eigenvalue weighted by Gasteiger charge is 2.26. The Labute approximate surface area is 167 Å². The molecule has 2 amide bonds. The summed E-state index contributed by atoms with van der Waals surface area (Å²) in [5.41, 5.74) is 3.00. The first kappa shape index (κ1) is 21.5. The van der Waals surface area contributed by atoms with Gasteiger partial charge in [0.2, 0.25) is 11.8 Å². The van der Waals surface area contributed by atoms with Crippen LogP contribution in [-0.4, -0.2) is 35.9 Å². The van der Waals surface area contributed by atoms with E-state index in [0.29, 0.717) is 6.54 Å². The molecule has 2 aromatic rings. The Morgan fingerprint density at radius 2 is 1.71 bits per heavy atom. The molecule has 0 aromatic heterocycles. The maximum Gasteiger partial charge on any atom is 0.242 e. The van der Waals surface area contributed by atoms with Gasteiger partial charge < -0.3 is 15.0 Å². The van der Waals surface area contributed by atoms with Gasteiger partial charge >= 0.3 is 0 Å². The van der Waals surface area contributed by atoms with Crippen molar-refractivity contribution >= 4 is 11.8 Å². The first-order chi connectivity index (χ1) is 13.3. The molecule has 0 aliphatic heterocycles. The average Bonchev–Trinajstić information content (AvgIpc) is 2.67. The second kappa shape index (κ2) is 9.93. The first-order valence-electron chi connectivity index (χ1n) is 9.58. The molecule has 1 atom stereocenters.